The Kier molecular flexibility index (Phi) is 7.33. The fourth-order valence-corrected chi connectivity index (χ4v) is 3.89. The Hall–Kier alpha value is 0.880. The predicted molar refractivity (Wildman–Crippen MR) is 80.2 cm³/mol. The van der Waals surface area contributed by atoms with Gasteiger partial charge >= 0.3 is 0 Å². The van der Waals surface area contributed by atoms with E-state index in [4.69, 9.17) is 69.6 Å². The van der Waals surface area contributed by atoms with E-state index in [9.17, 15) is 9.59 Å². The molecule has 0 atom stereocenters. The van der Waals surface area contributed by atoms with E-state index in [2.05, 4.69) is 5.32 Å². The fraction of sp³-hybridized carbons (Fsp3) is 0.800. The molecule has 1 saturated carbocycles. The largest absolute Gasteiger partial charge is 0.296 e. The third-order valence-electron chi connectivity index (χ3n) is 2.68. The van der Waals surface area contributed by atoms with Crippen molar-refractivity contribution in [3.05, 3.63) is 0 Å². The van der Waals surface area contributed by atoms with Crippen LogP contribution < -0.4 is 5.32 Å². The number of amides is 2. The Balaban J connectivity index is 0.000000218. The SMILES string of the molecule is ClC1C(Cl)C(Cl)C(Cl)C(Cl)C1Cl.O=C1CCC(=O)N1. The Bertz CT molecular complexity index is 282. The van der Waals surface area contributed by atoms with Crippen molar-refractivity contribution < 1.29 is 9.59 Å². The first-order valence-electron chi connectivity index (χ1n) is 5.42. The normalized spacial score (nSPS) is 42.4. The summed E-state index contributed by atoms with van der Waals surface area (Å²) in [6.07, 6.45) is 0.748. The zero-order valence-electron chi connectivity index (χ0n) is 9.46. The number of carbonyl (C=O) groups is 2. The van der Waals surface area contributed by atoms with Crippen molar-refractivity contribution >= 4 is 81.4 Å². The highest BCUT2D eigenvalue weighted by atomic mass is 35.5. The average molecular weight is 390 g/mol. The van der Waals surface area contributed by atoms with E-state index in [1.54, 1.807) is 0 Å². The molecule has 0 bridgehead atoms. The molecule has 9 heteroatoms. The van der Waals surface area contributed by atoms with Gasteiger partial charge in [-0.3, -0.25) is 14.9 Å². The summed E-state index contributed by atoms with van der Waals surface area (Å²) in [6, 6.07) is 0. The van der Waals surface area contributed by atoms with E-state index in [-0.39, 0.29) is 11.8 Å². The number of rotatable bonds is 0. The number of alkyl halides is 6. The van der Waals surface area contributed by atoms with Crippen LogP contribution in [-0.2, 0) is 9.59 Å². The highest BCUT2D eigenvalue weighted by molar-refractivity contribution is 6.45. The average Bonchev–Trinajstić information content (AvgIpc) is 2.76. The third kappa shape index (κ3) is 4.69. The summed E-state index contributed by atoms with van der Waals surface area (Å²) in [6.45, 7) is 0. The van der Waals surface area contributed by atoms with Gasteiger partial charge in [-0.05, 0) is 0 Å². The highest BCUT2D eigenvalue weighted by Crippen LogP contribution is 2.39. The lowest BCUT2D eigenvalue weighted by atomic mass is 9.97. The molecular formula is C10H11Cl6NO2. The van der Waals surface area contributed by atoms with Gasteiger partial charge in [0.1, 0.15) is 0 Å². The number of imide groups is 1. The van der Waals surface area contributed by atoms with Crippen molar-refractivity contribution in [3.63, 3.8) is 0 Å². The summed E-state index contributed by atoms with van der Waals surface area (Å²) >= 11 is 35.3. The Morgan fingerprint density at radius 1 is 0.632 bits per heavy atom. The maximum Gasteiger partial charge on any atom is 0.227 e. The van der Waals surface area contributed by atoms with Crippen LogP contribution in [0.2, 0.25) is 0 Å². The van der Waals surface area contributed by atoms with Crippen LogP contribution in [0, 0.1) is 0 Å². The number of carbonyl (C=O) groups excluding carboxylic acids is 2. The Labute approximate surface area is 141 Å². The lowest BCUT2D eigenvalue weighted by molar-refractivity contribution is -0.124. The second-order valence-corrected chi connectivity index (χ2v) is 7.16. The van der Waals surface area contributed by atoms with Crippen molar-refractivity contribution in [2.45, 2.75) is 45.1 Å². The van der Waals surface area contributed by atoms with Gasteiger partial charge in [0.25, 0.3) is 0 Å². The second kappa shape index (κ2) is 7.77. The third-order valence-corrected chi connectivity index (χ3v) is 6.71. The number of hydrogen-bond donors (Lipinski definition) is 1. The molecule has 0 aromatic rings. The monoisotopic (exact) mass is 387 g/mol. The van der Waals surface area contributed by atoms with Crippen molar-refractivity contribution in [3.8, 4) is 0 Å². The fourth-order valence-electron chi connectivity index (χ4n) is 1.56. The number of hydrogen-bond acceptors (Lipinski definition) is 2. The van der Waals surface area contributed by atoms with Gasteiger partial charge in [0.2, 0.25) is 11.8 Å². The molecule has 2 rings (SSSR count). The molecule has 110 valence electrons. The summed E-state index contributed by atoms with van der Waals surface area (Å²) in [7, 11) is 0. The van der Waals surface area contributed by atoms with Crippen molar-refractivity contribution in [1.82, 2.24) is 5.32 Å². The van der Waals surface area contributed by atoms with E-state index in [0.29, 0.717) is 12.8 Å². The maximum absolute atomic E-state index is 10.1. The summed E-state index contributed by atoms with van der Waals surface area (Å²) in [5, 5.41) is -0.481. The second-order valence-electron chi connectivity index (χ2n) is 4.14. The van der Waals surface area contributed by atoms with E-state index < -0.39 is 32.3 Å². The van der Waals surface area contributed by atoms with E-state index in [1.807, 2.05) is 0 Å². The molecule has 0 radical (unpaired) electrons. The zero-order chi connectivity index (χ0) is 14.7. The van der Waals surface area contributed by atoms with Crippen LogP contribution in [0.15, 0.2) is 0 Å². The molecule has 1 saturated heterocycles. The summed E-state index contributed by atoms with van der Waals surface area (Å²) < 4.78 is 0. The molecule has 1 aliphatic carbocycles. The van der Waals surface area contributed by atoms with Crippen LogP contribution in [0.5, 0.6) is 0 Å². The molecule has 19 heavy (non-hydrogen) atoms. The van der Waals surface area contributed by atoms with Gasteiger partial charge < -0.3 is 0 Å². The molecule has 1 heterocycles. The highest BCUT2D eigenvalue weighted by Gasteiger charge is 2.46. The molecular weight excluding hydrogens is 379 g/mol. The molecule has 0 aromatic heterocycles. The lowest BCUT2D eigenvalue weighted by Gasteiger charge is -2.37. The standard InChI is InChI=1S/C6H6Cl6.C4H5NO2/c7-1-2(8)4(10)6(12)5(11)3(1)9;6-3-1-2-4(7)5-3/h1-6H;1-2H2,(H,5,6,7). The van der Waals surface area contributed by atoms with Gasteiger partial charge in [0.15, 0.2) is 0 Å². The lowest BCUT2D eigenvalue weighted by Crippen LogP contribution is -2.52. The van der Waals surface area contributed by atoms with Gasteiger partial charge in [-0.1, -0.05) is 0 Å². The van der Waals surface area contributed by atoms with Crippen LogP contribution >= 0.6 is 69.6 Å². The molecule has 0 spiro atoms. The van der Waals surface area contributed by atoms with Gasteiger partial charge in [0.05, 0.1) is 32.3 Å². The smallest absolute Gasteiger partial charge is 0.227 e. The molecule has 1 aliphatic heterocycles. The van der Waals surface area contributed by atoms with Crippen LogP contribution in [0.1, 0.15) is 12.8 Å². The zero-order valence-corrected chi connectivity index (χ0v) is 14.0. The van der Waals surface area contributed by atoms with Crippen LogP contribution in [0.3, 0.4) is 0 Å². The summed E-state index contributed by atoms with van der Waals surface area (Å²) in [4.78, 5) is 20.2. The number of nitrogens with one attached hydrogen (secondary N) is 1. The van der Waals surface area contributed by atoms with Gasteiger partial charge in [0, 0.05) is 12.8 Å². The molecule has 2 amide bonds. The summed E-state index contributed by atoms with van der Waals surface area (Å²) in [5.41, 5.74) is 0. The molecule has 2 fully saturated rings. The number of halogens is 6. The summed E-state index contributed by atoms with van der Waals surface area (Å²) in [5.74, 6) is -0.296. The Morgan fingerprint density at radius 2 is 0.842 bits per heavy atom. The first-order valence-corrected chi connectivity index (χ1v) is 8.04. The quantitative estimate of drug-likeness (QED) is 0.511. The van der Waals surface area contributed by atoms with Crippen LogP contribution in [-0.4, -0.2) is 44.1 Å². The van der Waals surface area contributed by atoms with E-state index in [0.717, 1.165) is 0 Å². The topological polar surface area (TPSA) is 46.2 Å². The minimum Gasteiger partial charge on any atom is -0.296 e. The first kappa shape index (κ1) is 17.9. The molecule has 0 unspecified atom stereocenters. The van der Waals surface area contributed by atoms with Crippen molar-refractivity contribution in [2.75, 3.05) is 0 Å². The minimum atomic E-state index is -0.437. The van der Waals surface area contributed by atoms with Gasteiger partial charge in [-0.25, -0.2) is 0 Å². The molecule has 1 N–H and O–H groups in total. The predicted octanol–water partition coefficient (Wildman–Crippen LogP) is 3.07. The van der Waals surface area contributed by atoms with Crippen LogP contribution in [0.4, 0.5) is 0 Å². The molecule has 3 nitrogen and oxygen atoms in total. The van der Waals surface area contributed by atoms with Gasteiger partial charge in [-0.2, -0.15) is 0 Å². The molecule has 2 aliphatic rings. The minimum absolute atomic E-state index is 0.148. The first-order chi connectivity index (χ1) is 8.75. The van der Waals surface area contributed by atoms with E-state index >= 15 is 0 Å². The van der Waals surface area contributed by atoms with Crippen molar-refractivity contribution in [2.24, 2.45) is 0 Å². The van der Waals surface area contributed by atoms with E-state index in [1.165, 1.54) is 0 Å². The van der Waals surface area contributed by atoms with Crippen LogP contribution in [0.25, 0.3) is 0 Å². The molecule has 0 aromatic carbocycles. The van der Waals surface area contributed by atoms with Crippen molar-refractivity contribution in [1.29, 1.82) is 0 Å². The Morgan fingerprint density at radius 3 is 0.947 bits per heavy atom. The van der Waals surface area contributed by atoms with Gasteiger partial charge in [-0.15, -0.1) is 69.6 Å². The maximum atomic E-state index is 10.1.